The Labute approximate surface area is 134 Å². The highest BCUT2D eigenvalue weighted by atomic mass is 32.1. The van der Waals surface area contributed by atoms with E-state index in [1.165, 1.54) is 12.8 Å². The minimum atomic E-state index is -0.0451. The van der Waals surface area contributed by atoms with Crippen molar-refractivity contribution in [3.63, 3.8) is 0 Å². The van der Waals surface area contributed by atoms with Gasteiger partial charge in [0.15, 0.2) is 11.1 Å². The number of rotatable bonds is 5. The molecule has 0 atom stereocenters. The first-order valence-electron chi connectivity index (χ1n) is 7.68. The quantitative estimate of drug-likeness (QED) is 0.593. The van der Waals surface area contributed by atoms with Crippen LogP contribution in [0.1, 0.15) is 12.8 Å². The van der Waals surface area contributed by atoms with E-state index >= 15 is 0 Å². The van der Waals surface area contributed by atoms with Crippen LogP contribution >= 0.6 is 11.3 Å². The monoisotopic (exact) mass is 322 g/mol. The summed E-state index contributed by atoms with van der Waals surface area (Å²) in [4.78, 5) is 24.5. The minimum Gasteiger partial charge on any atom is -0.370 e. The van der Waals surface area contributed by atoms with Crippen LogP contribution in [0.15, 0.2) is 16.6 Å². The molecule has 2 fully saturated rings. The third kappa shape index (κ3) is 4.09. The Morgan fingerprint density at radius 1 is 1.41 bits per heavy atom. The van der Waals surface area contributed by atoms with Crippen LogP contribution in [0.4, 0.5) is 5.13 Å². The van der Waals surface area contributed by atoms with Gasteiger partial charge in [0.25, 0.3) is 0 Å². The lowest BCUT2D eigenvalue weighted by Gasteiger charge is -2.35. The number of guanidine groups is 1. The van der Waals surface area contributed by atoms with Crippen molar-refractivity contribution >= 4 is 28.3 Å². The summed E-state index contributed by atoms with van der Waals surface area (Å²) in [6, 6.07) is 0. The van der Waals surface area contributed by atoms with Crippen LogP contribution < -0.4 is 16.0 Å². The zero-order valence-electron chi connectivity index (χ0n) is 12.6. The molecule has 22 heavy (non-hydrogen) atoms. The molecular formula is C14H22N6OS. The Morgan fingerprint density at radius 2 is 2.18 bits per heavy atom. The average molecular weight is 322 g/mol. The van der Waals surface area contributed by atoms with E-state index in [4.69, 9.17) is 5.73 Å². The van der Waals surface area contributed by atoms with E-state index in [2.05, 4.69) is 20.2 Å². The predicted molar refractivity (Wildman–Crippen MR) is 88.1 cm³/mol. The van der Waals surface area contributed by atoms with Crippen molar-refractivity contribution in [3.05, 3.63) is 11.6 Å². The summed E-state index contributed by atoms with van der Waals surface area (Å²) >= 11 is 1.65. The number of aromatic nitrogens is 1. The molecule has 1 aliphatic heterocycles. The SMILES string of the molecule is NC(=NCC(=O)NCC1CC1)N1CCN(c2nccs2)CC1. The number of thiazole rings is 1. The number of anilines is 1. The second-order valence-corrected chi connectivity index (χ2v) is 6.58. The minimum absolute atomic E-state index is 0.0451. The standard InChI is InChI=1S/C14H22N6OS/c15-13(18-10-12(21)17-9-11-1-2-11)19-4-6-20(7-5-19)14-16-3-8-22-14/h3,8,11H,1-2,4-7,9-10H2,(H2,15,18)(H,17,21). The van der Waals surface area contributed by atoms with Crippen LogP contribution in [0.3, 0.4) is 0 Å². The molecule has 8 heteroatoms. The van der Waals surface area contributed by atoms with Crippen molar-refractivity contribution in [2.45, 2.75) is 12.8 Å². The number of carbonyl (C=O) groups is 1. The molecule has 0 bridgehead atoms. The van der Waals surface area contributed by atoms with Crippen LogP contribution in [-0.2, 0) is 4.79 Å². The Balaban J connectivity index is 1.41. The van der Waals surface area contributed by atoms with Gasteiger partial charge in [-0.2, -0.15) is 0 Å². The first-order chi connectivity index (χ1) is 10.7. The molecule has 2 aliphatic rings. The molecule has 1 saturated carbocycles. The van der Waals surface area contributed by atoms with Crippen molar-refractivity contribution in [1.82, 2.24) is 15.2 Å². The topological polar surface area (TPSA) is 86.8 Å². The normalized spacial score (nSPS) is 19.4. The fourth-order valence-corrected chi connectivity index (χ4v) is 3.08. The van der Waals surface area contributed by atoms with E-state index in [0.717, 1.165) is 37.9 Å². The molecule has 3 rings (SSSR count). The van der Waals surface area contributed by atoms with Crippen molar-refractivity contribution in [3.8, 4) is 0 Å². The fourth-order valence-electron chi connectivity index (χ4n) is 2.39. The van der Waals surface area contributed by atoms with Gasteiger partial charge in [0, 0.05) is 44.3 Å². The Bertz CT molecular complexity index is 519. The summed E-state index contributed by atoms with van der Waals surface area (Å²) in [5, 5.41) is 5.93. The maximum atomic E-state index is 11.7. The average Bonchev–Trinajstić information content (AvgIpc) is 3.22. The van der Waals surface area contributed by atoms with E-state index in [0.29, 0.717) is 11.9 Å². The highest BCUT2D eigenvalue weighted by Gasteiger charge is 2.22. The van der Waals surface area contributed by atoms with Gasteiger partial charge >= 0.3 is 0 Å². The van der Waals surface area contributed by atoms with Gasteiger partial charge in [-0.1, -0.05) is 0 Å². The number of piperazine rings is 1. The highest BCUT2D eigenvalue weighted by Crippen LogP contribution is 2.27. The summed E-state index contributed by atoms with van der Waals surface area (Å²) in [5.74, 6) is 1.10. The smallest absolute Gasteiger partial charge is 0.241 e. The molecule has 0 spiro atoms. The molecule has 7 nitrogen and oxygen atoms in total. The first-order valence-corrected chi connectivity index (χ1v) is 8.56. The maximum absolute atomic E-state index is 11.7. The molecule has 1 aromatic heterocycles. The number of nitrogens with one attached hydrogen (secondary N) is 1. The lowest BCUT2D eigenvalue weighted by atomic mass is 10.3. The largest absolute Gasteiger partial charge is 0.370 e. The van der Waals surface area contributed by atoms with Gasteiger partial charge in [-0.15, -0.1) is 11.3 Å². The van der Waals surface area contributed by atoms with Crippen LogP contribution in [-0.4, -0.2) is 61.0 Å². The van der Waals surface area contributed by atoms with Gasteiger partial charge in [-0.25, -0.2) is 9.98 Å². The maximum Gasteiger partial charge on any atom is 0.241 e. The first kappa shape index (κ1) is 15.1. The van der Waals surface area contributed by atoms with Gasteiger partial charge in [0.1, 0.15) is 6.54 Å². The van der Waals surface area contributed by atoms with E-state index in [1.807, 2.05) is 16.5 Å². The molecule has 1 saturated heterocycles. The third-order valence-electron chi connectivity index (χ3n) is 3.96. The fraction of sp³-hybridized carbons (Fsp3) is 0.643. The molecule has 0 aromatic carbocycles. The van der Waals surface area contributed by atoms with Gasteiger partial charge in [-0.05, 0) is 18.8 Å². The molecule has 1 aliphatic carbocycles. The van der Waals surface area contributed by atoms with Crippen LogP contribution in [0.5, 0.6) is 0 Å². The van der Waals surface area contributed by atoms with Crippen molar-refractivity contribution in [1.29, 1.82) is 0 Å². The summed E-state index contributed by atoms with van der Waals surface area (Å²) in [7, 11) is 0. The van der Waals surface area contributed by atoms with Crippen molar-refractivity contribution < 1.29 is 4.79 Å². The molecule has 0 radical (unpaired) electrons. The Morgan fingerprint density at radius 3 is 2.82 bits per heavy atom. The number of hydrogen-bond donors (Lipinski definition) is 2. The van der Waals surface area contributed by atoms with Gasteiger partial charge in [0.2, 0.25) is 5.91 Å². The molecule has 120 valence electrons. The summed E-state index contributed by atoms with van der Waals surface area (Å²) in [6.45, 7) is 4.25. The second-order valence-electron chi connectivity index (χ2n) is 5.71. The molecule has 1 aromatic rings. The highest BCUT2D eigenvalue weighted by molar-refractivity contribution is 7.13. The lowest BCUT2D eigenvalue weighted by molar-refractivity contribution is -0.119. The van der Waals surface area contributed by atoms with E-state index in [1.54, 1.807) is 11.3 Å². The van der Waals surface area contributed by atoms with Crippen molar-refractivity contribution in [2.24, 2.45) is 16.6 Å². The molecule has 0 unspecified atom stereocenters. The number of aliphatic imine (C=N–C) groups is 1. The van der Waals surface area contributed by atoms with E-state index in [9.17, 15) is 4.79 Å². The van der Waals surface area contributed by atoms with E-state index < -0.39 is 0 Å². The lowest BCUT2D eigenvalue weighted by Crippen LogP contribution is -2.51. The van der Waals surface area contributed by atoms with Gasteiger partial charge in [0.05, 0.1) is 0 Å². The predicted octanol–water partition coefficient (Wildman–Crippen LogP) is 0.106. The Hall–Kier alpha value is -1.83. The summed E-state index contributed by atoms with van der Waals surface area (Å²) in [6.07, 6.45) is 4.28. The zero-order valence-corrected chi connectivity index (χ0v) is 13.4. The Kier molecular flexibility index (Phi) is 4.77. The number of nitrogens with two attached hydrogens (primary N) is 1. The number of hydrogen-bond acceptors (Lipinski definition) is 5. The summed E-state index contributed by atoms with van der Waals surface area (Å²) in [5.41, 5.74) is 5.99. The number of amides is 1. The third-order valence-corrected chi connectivity index (χ3v) is 4.80. The van der Waals surface area contributed by atoms with Gasteiger partial charge in [-0.3, -0.25) is 4.79 Å². The number of nitrogens with zero attached hydrogens (tertiary/aromatic N) is 4. The molecular weight excluding hydrogens is 300 g/mol. The summed E-state index contributed by atoms with van der Waals surface area (Å²) < 4.78 is 0. The zero-order chi connectivity index (χ0) is 15.4. The van der Waals surface area contributed by atoms with Crippen molar-refractivity contribution in [2.75, 3.05) is 44.2 Å². The molecule has 3 N–H and O–H groups in total. The second kappa shape index (κ2) is 6.95. The van der Waals surface area contributed by atoms with Crippen LogP contribution in [0, 0.1) is 5.92 Å². The van der Waals surface area contributed by atoms with Crippen LogP contribution in [0.25, 0.3) is 0 Å². The number of carbonyl (C=O) groups excluding carboxylic acids is 1. The molecule has 1 amide bonds. The molecule has 2 heterocycles. The van der Waals surface area contributed by atoms with E-state index in [-0.39, 0.29) is 12.5 Å². The van der Waals surface area contributed by atoms with Crippen LogP contribution in [0.2, 0.25) is 0 Å². The van der Waals surface area contributed by atoms with Gasteiger partial charge < -0.3 is 20.9 Å².